The number of aryl methyl sites for hydroxylation is 1. The van der Waals surface area contributed by atoms with Crippen LogP contribution in [0, 0.1) is 13.8 Å². The van der Waals surface area contributed by atoms with Crippen LogP contribution in [0.3, 0.4) is 0 Å². The Labute approximate surface area is 90.9 Å². The van der Waals surface area contributed by atoms with Gasteiger partial charge in [-0.1, -0.05) is 0 Å². The Balaban J connectivity index is 2.22. The predicted octanol–water partition coefficient (Wildman–Crippen LogP) is 2.90. The first-order valence-electron chi connectivity index (χ1n) is 4.38. The summed E-state index contributed by atoms with van der Waals surface area (Å²) in [4.78, 5) is 4.24. The molecule has 14 heavy (non-hydrogen) atoms. The molecule has 0 aromatic carbocycles. The van der Waals surface area contributed by atoms with E-state index in [1.807, 2.05) is 19.3 Å². The summed E-state index contributed by atoms with van der Waals surface area (Å²) in [5.74, 6) is 0. The van der Waals surface area contributed by atoms with Gasteiger partial charge < -0.3 is 8.98 Å². The van der Waals surface area contributed by atoms with Crippen molar-refractivity contribution in [1.29, 1.82) is 0 Å². The van der Waals surface area contributed by atoms with Crippen molar-refractivity contribution in [2.45, 2.75) is 20.4 Å². The van der Waals surface area contributed by atoms with Gasteiger partial charge in [0.1, 0.15) is 0 Å². The van der Waals surface area contributed by atoms with E-state index in [1.54, 1.807) is 6.26 Å². The topological polar surface area (TPSA) is 31.0 Å². The molecule has 2 aromatic heterocycles. The first kappa shape index (κ1) is 9.52. The van der Waals surface area contributed by atoms with Crippen molar-refractivity contribution in [3.05, 3.63) is 40.3 Å². The van der Waals surface area contributed by atoms with Gasteiger partial charge in [0.25, 0.3) is 0 Å². The second-order valence-corrected chi connectivity index (χ2v) is 4.08. The number of furan rings is 1. The predicted molar refractivity (Wildman–Crippen MR) is 57.2 cm³/mol. The largest absolute Gasteiger partial charge is 0.457 e. The van der Waals surface area contributed by atoms with E-state index < -0.39 is 0 Å². The van der Waals surface area contributed by atoms with E-state index in [2.05, 4.69) is 32.4 Å². The molecule has 0 atom stereocenters. The number of rotatable bonds is 2. The lowest BCUT2D eigenvalue weighted by molar-refractivity contribution is 0.537. The molecule has 0 radical (unpaired) electrons. The zero-order chi connectivity index (χ0) is 10.1. The maximum atomic E-state index is 5.17. The van der Waals surface area contributed by atoms with Gasteiger partial charge in [-0.3, -0.25) is 0 Å². The van der Waals surface area contributed by atoms with Crippen molar-refractivity contribution in [1.82, 2.24) is 9.55 Å². The smallest absolute Gasteiger partial charge is 0.169 e. The fraction of sp³-hybridized carbons (Fsp3) is 0.300. The summed E-state index contributed by atoms with van der Waals surface area (Å²) in [5, 5.41) is 0. The fourth-order valence-electron chi connectivity index (χ4n) is 1.33. The molecule has 0 fully saturated rings. The minimum Gasteiger partial charge on any atom is -0.457 e. The molecule has 0 amide bonds. The number of hydrogen-bond donors (Lipinski definition) is 0. The lowest BCUT2D eigenvalue weighted by atomic mass is 10.3. The number of aromatic nitrogens is 2. The summed E-state index contributed by atoms with van der Waals surface area (Å²) in [7, 11) is 0. The van der Waals surface area contributed by atoms with Crippen LogP contribution < -0.4 is 0 Å². The van der Waals surface area contributed by atoms with Crippen molar-refractivity contribution in [3.8, 4) is 0 Å². The minimum atomic E-state index is 0.766. The molecular formula is C10H11BrN2O. The quantitative estimate of drug-likeness (QED) is 0.826. The third kappa shape index (κ3) is 1.75. The number of hydrogen-bond acceptors (Lipinski definition) is 2. The Morgan fingerprint density at radius 3 is 2.79 bits per heavy atom. The average Bonchev–Trinajstić information content (AvgIpc) is 2.67. The van der Waals surface area contributed by atoms with Crippen LogP contribution in [0.5, 0.6) is 0 Å². The number of halogens is 1. The van der Waals surface area contributed by atoms with Crippen molar-refractivity contribution in [2.75, 3.05) is 0 Å². The van der Waals surface area contributed by atoms with Gasteiger partial charge in [-0.15, -0.1) is 0 Å². The Morgan fingerprint density at radius 2 is 2.29 bits per heavy atom. The molecule has 0 N–H and O–H groups in total. The monoisotopic (exact) mass is 254 g/mol. The molecule has 74 valence electrons. The van der Waals surface area contributed by atoms with Crippen LogP contribution in [0.2, 0.25) is 0 Å². The fourth-order valence-corrected chi connectivity index (χ4v) is 1.72. The maximum absolute atomic E-state index is 5.17. The SMILES string of the molecule is Cc1ncn(Cc2coc(Br)c2)c1C. The average molecular weight is 255 g/mol. The van der Waals surface area contributed by atoms with Gasteiger partial charge in [-0.2, -0.15) is 0 Å². The van der Waals surface area contributed by atoms with Crippen molar-refractivity contribution >= 4 is 15.9 Å². The van der Waals surface area contributed by atoms with Crippen molar-refractivity contribution in [2.24, 2.45) is 0 Å². The van der Waals surface area contributed by atoms with E-state index in [0.29, 0.717) is 0 Å². The van der Waals surface area contributed by atoms with E-state index in [0.717, 1.165) is 22.5 Å². The number of nitrogens with zero attached hydrogens (tertiary/aromatic N) is 2. The zero-order valence-electron chi connectivity index (χ0n) is 8.12. The Bertz CT molecular complexity index is 445. The summed E-state index contributed by atoms with van der Waals surface area (Å²) in [6.07, 6.45) is 3.60. The normalized spacial score (nSPS) is 10.8. The van der Waals surface area contributed by atoms with E-state index in [1.165, 1.54) is 5.69 Å². The molecular weight excluding hydrogens is 244 g/mol. The molecule has 0 saturated heterocycles. The third-order valence-corrected chi connectivity index (χ3v) is 2.74. The molecule has 0 aliphatic rings. The molecule has 0 aliphatic carbocycles. The highest BCUT2D eigenvalue weighted by Crippen LogP contribution is 2.16. The molecule has 0 bridgehead atoms. The maximum Gasteiger partial charge on any atom is 0.169 e. The highest BCUT2D eigenvalue weighted by Gasteiger charge is 2.04. The molecule has 3 nitrogen and oxygen atoms in total. The van der Waals surface area contributed by atoms with Crippen LogP contribution in [-0.2, 0) is 6.54 Å². The lowest BCUT2D eigenvalue weighted by Gasteiger charge is -2.01. The van der Waals surface area contributed by atoms with E-state index in [4.69, 9.17) is 4.42 Å². The number of imidazole rings is 1. The van der Waals surface area contributed by atoms with Crippen LogP contribution in [0.15, 0.2) is 27.7 Å². The summed E-state index contributed by atoms with van der Waals surface area (Å²) in [6, 6.07) is 1.97. The standard InChI is InChI=1S/C10H11BrN2O/c1-7-8(2)13(6-12-7)4-9-3-10(11)14-5-9/h3,5-6H,4H2,1-2H3. The van der Waals surface area contributed by atoms with Gasteiger partial charge in [-0.05, 0) is 35.8 Å². The molecule has 2 heterocycles. The second-order valence-electron chi connectivity index (χ2n) is 3.30. The van der Waals surface area contributed by atoms with Gasteiger partial charge in [0.05, 0.1) is 24.8 Å². The highest BCUT2D eigenvalue weighted by atomic mass is 79.9. The molecule has 0 aliphatic heterocycles. The van der Waals surface area contributed by atoms with Gasteiger partial charge in [0.15, 0.2) is 4.67 Å². The Kier molecular flexibility index (Phi) is 2.46. The van der Waals surface area contributed by atoms with Crippen LogP contribution in [0.25, 0.3) is 0 Å². The summed E-state index contributed by atoms with van der Waals surface area (Å²) in [5.41, 5.74) is 3.41. The van der Waals surface area contributed by atoms with E-state index in [9.17, 15) is 0 Å². The summed E-state index contributed by atoms with van der Waals surface area (Å²) < 4.78 is 8.04. The first-order chi connectivity index (χ1) is 6.66. The highest BCUT2D eigenvalue weighted by molar-refractivity contribution is 9.10. The third-order valence-electron chi connectivity index (χ3n) is 2.32. The van der Waals surface area contributed by atoms with Gasteiger partial charge >= 0.3 is 0 Å². The molecule has 0 spiro atoms. The van der Waals surface area contributed by atoms with E-state index in [-0.39, 0.29) is 0 Å². The summed E-state index contributed by atoms with van der Waals surface area (Å²) in [6.45, 7) is 4.89. The Morgan fingerprint density at radius 1 is 1.50 bits per heavy atom. The molecule has 4 heteroatoms. The van der Waals surface area contributed by atoms with Crippen LogP contribution in [0.4, 0.5) is 0 Å². The molecule has 0 unspecified atom stereocenters. The van der Waals surface area contributed by atoms with Gasteiger partial charge in [-0.25, -0.2) is 4.98 Å². The van der Waals surface area contributed by atoms with E-state index >= 15 is 0 Å². The van der Waals surface area contributed by atoms with Crippen LogP contribution in [-0.4, -0.2) is 9.55 Å². The molecule has 0 saturated carbocycles. The first-order valence-corrected chi connectivity index (χ1v) is 5.17. The lowest BCUT2D eigenvalue weighted by Crippen LogP contribution is -1.99. The Hall–Kier alpha value is -1.03. The molecule has 2 rings (SSSR count). The van der Waals surface area contributed by atoms with Crippen molar-refractivity contribution in [3.63, 3.8) is 0 Å². The second kappa shape index (κ2) is 3.61. The minimum absolute atomic E-state index is 0.766. The van der Waals surface area contributed by atoms with Crippen molar-refractivity contribution < 1.29 is 4.42 Å². The van der Waals surface area contributed by atoms with Crippen LogP contribution >= 0.6 is 15.9 Å². The zero-order valence-corrected chi connectivity index (χ0v) is 9.71. The van der Waals surface area contributed by atoms with Gasteiger partial charge in [0.2, 0.25) is 0 Å². The summed E-state index contributed by atoms with van der Waals surface area (Å²) >= 11 is 3.28. The van der Waals surface area contributed by atoms with Crippen LogP contribution in [0.1, 0.15) is 17.0 Å². The van der Waals surface area contributed by atoms with Gasteiger partial charge in [0, 0.05) is 11.3 Å². The molecule has 2 aromatic rings.